The molecule has 1 heterocycles. The maximum Gasteiger partial charge on any atom is 0.416 e. The number of rotatable bonds is 8. The van der Waals surface area contributed by atoms with Gasteiger partial charge in [0.1, 0.15) is 11.4 Å². The summed E-state index contributed by atoms with van der Waals surface area (Å²) in [4.78, 5) is 42.9. The fourth-order valence-corrected chi connectivity index (χ4v) is 3.38. The van der Waals surface area contributed by atoms with Gasteiger partial charge in [-0.25, -0.2) is 14.2 Å². The van der Waals surface area contributed by atoms with Gasteiger partial charge >= 0.3 is 6.09 Å². The Bertz CT molecular complexity index is 1290. The van der Waals surface area contributed by atoms with Crippen molar-refractivity contribution in [3.63, 3.8) is 0 Å². The van der Waals surface area contributed by atoms with E-state index in [1.165, 1.54) is 0 Å². The van der Waals surface area contributed by atoms with Crippen molar-refractivity contribution in [3.05, 3.63) is 77.6 Å². The third-order valence-electron chi connectivity index (χ3n) is 4.96. The van der Waals surface area contributed by atoms with Gasteiger partial charge in [-0.05, 0) is 63.6 Å². The van der Waals surface area contributed by atoms with Crippen LogP contribution in [0.3, 0.4) is 0 Å². The lowest BCUT2D eigenvalue weighted by Crippen LogP contribution is -2.38. The highest BCUT2D eigenvalue weighted by atomic mass is 19.1. The van der Waals surface area contributed by atoms with Crippen molar-refractivity contribution in [3.8, 4) is 0 Å². The summed E-state index contributed by atoms with van der Waals surface area (Å²) >= 11 is 0. The monoisotopic (exact) mass is 507 g/mol. The number of ether oxygens (including phenoxy) is 1. The predicted octanol–water partition coefficient (Wildman–Crippen LogP) is 5.47. The third-order valence-corrected chi connectivity index (χ3v) is 4.96. The van der Waals surface area contributed by atoms with Gasteiger partial charge in [0.15, 0.2) is 11.6 Å². The lowest BCUT2D eigenvalue weighted by atomic mass is 10.1. The van der Waals surface area contributed by atoms with E-state index >= 15 is 4.39 Å². The topological polar surface area (TPSA) is 127 Å². The summed E-state index contributed by atoms with van der Waals surface area (Å²) in [6.45, 7) is 7.04. The number of anilines is 4. The van der Waals surface area contributed by atoms with Gasteiger partial charge in [0.2, 0.25) is 0 Å². The van der Waals surface area contributed by atoms with E-state index < -0.39 is 23.4 Å². The van der Waals surface area contributed by atoms with E-state index in [1.807, 2.05) is 13.0 Å². The Morgan fingerprint density at radius 2 is 1.70 bits per heavy atom. The lowest BCUT2D eigenvalue weighted by molar-refractivity contribution is 0.0577. The quantitative estimate of drug-likeness (QED) is 0.371. The van der Waals surface area contributed by atoms with Crippen molar-refractivity contribution in [2.45, 2.75) is 39.7 Å². The number of nitrogens with two attached hydrogens (primary N) is 1. The first-order valence-corrected chi connectivity index (χ1v) is 11.7. The number of amides is 3. The van der Waals surface area contributed by atoms with Gasteiger partial charge in [-0.3, -0.25) is 14.5 Å². The molecule has 37 heavy (non-hydrogen) atoms. The molecule has 0 aliphatic heterocycles. The van der Waals surface area contributed by atoms with Crippen LogP contribution in [0, 0.1) is 5.82 Å². The van der Waals surface area contributed by atoms with Crippen molar-refractivity contribution in [1.29, 1.82) is 0 Å². The summed E-state index contributed by atoms with van der Waals surface area (Å²) in [7, 11) is 0. The third kappa shape index (κ3) is 7.26. The zero-order valence-electron chi connectivity index (χ0n) is 21.2. The van der Waals surface area contributed by atoms with Crippen LogP contribution < -0.4 is 21.3 Å². The van der Waals surface area contributed by atoms with Crippen LogP contribution in [0.4, 0.5) is 32.2 Å². The average molecular weight is 508 g/mol. The maximum absolute atomic E-state index is 15.1. The van der Waals surface area contributed by atoms with E-state index in [2.05, 4.69) is 15.6 Å². The van der Waals surface area contributed by atoms with E-state index in [0.717, 1.165) is 11.0 Å². The van der Waals surface area contributed by atoms with Gasteiger partial charge in [-0.1, -0.05) is 31.2 Å². The number of nitrogens with zero attached hydrogens (tertiary/aromatic N) is 2. The molecular weight excluding hydrogens is 477 g/mol. The van der Waals surface area contributed by atoms with Gasteiger partial charge < -0.3 is 21.1 Å². The van der Waals surface area contributed by atoms with E-state index in [0.29, 0.717) is 23.4 Å². The first-order valence-electron chi connectivity index (χ1n) is 11.7. The number of primary amides is 1. The van der Waals surface area contributed by atoms with Gasteiger partial charge in [0.25, 0.3) is 11.8 Å². The number of pyridine rings is 1. The van der Waals surface area contributed by atoms with Crippen molar-refractivity contribution < 1.29 is 23.5 Å². The highest BCUT2D eigenvalue weighted by Crippen LogP contribution is 2.28. The number of carbonyl (C=O) groups excluding carboxylic acids is 3. The Hall–Kier alpha value is -4.47. The Kier molecular flexibility index (Phi) is 8.44. The van der Waals surface area contributed by atoms with E-state index in [9.17, 15) is 14.4 Å². The van der Waals surface area contributed by atoms with Crippen LogP contribution in [0.15, 0.2) is 60.7 Å². The van der Waals surface area contributed by atoms with Crippen LogP contribution in [0.5, 0.6) is 0 Å². The maximum atomic E-state index is 15.1. The molecule has 0 radical (unpaired) electrons. The molecule has 194 valence electrons. The Labute approximate surface area is 214 Å². The summed E-state index contributed by atoms with van der Waals surface area (Å²) < 4.78 is 20.5. The zero-order valence-corrected chi connectivity index (χ0v) is 21.2. The first kappa shape index (κ1) is 27.1. The number of hydrogen-bond acceptors (Lipinski definition) is 6. The van der Waals surface area contributed by atoms with E-state index in [1.54, 1.807) is 69.3 Å². The molecule has 3 rings (SSSR count). The van der Waals surface area contributed by atoms with Gasteiger partial charge in [0, 0.05) is 23.5 Å². The average Bonchev–Trinajstić information content (AvgIpc) is 2.83. The predicted molar refractivity (Wildman–Crippen MR) is 141 cm³/mol. The zero-order chi connectivity index (χ0) is 27.2. The van der Waals surface area contributed by atoms with Gasteiger partial charge in [-0.15, -0.1) is 0 Å². The number of carbonyl (C=O) groups is 3. The fourth-order valence-electron chi connectivity index (χ4n) is 3.38. The minimum absolute atomic E-state index is 0.0748. The molecule has 0 fully saturated rings. The van der Waals surface area contributed by atoms with Crippen molar-refractivity contribution in [2.75, 3.05) is 22.1 Å². The smallest absolute Gasteiger partial charge is 0.416 e. The van der Waals surface area contributed by atoms with Crippen LogP contribution in [0.2, 0.25) is 0 Å². The lowest BCUT2D eigenvalue weighted by Gasteiger charge is -2.27. The molecule has 0 aliphatic carbocycles. The molecule has 0 aliphatic rings. The minimum Gasteiger partial charge on any atom is -0.443 e. The van der Waals surface area contributed by atoms with Crippen molar-refractivity contribution in [1.82, 2.24) is 4.98 Å². The first-order chi connectivity index (χ1) is 17.5. The molecular formula is C27H30FN5O4. The number of benzene rings is 2. The molecule has 0 unspecified atom stereocenters. The number of halogens is 1. The second kappa shape index (κ2) is 11.5. The molecule has 0 bridgehead atoms. The highest BCUT2D eigenvalue weighted by molar-refractivity contribution is 6.05. The summed E-state index contributed by atoms with van der Waals surface area (Å²) in [6, 6.07) is 16.3. The van der Waals surface area contributed by atoms with Gasteiger partial charge in [0.05, 0.1) is 5.56 Å². The van der Waals surface area contributed by atoms with Crippen LogP contribution >= 0.6 is 0 Å². The van der Waals surface area contributed by atoms with Crippen LogP contribution in [-0.4, -0.2) is 35.0 Å². The summed E-state index contributed by atoms with van der Waals surface area (Å²) in [5.41, 5.74) is 5.80. The van der Waals surface area contributed by atoms with Crippen molar-refractivity contribution in [2.24, 2.45) is 5.73 Å². The SMILES string of the molecule is CCCN(C(=O)OC(C)(C)C)c1nc(Nc2cccc(C(=O)Nc3ccccc3)c2)c(C(N)=O)cc1F. The fraction of sp³-hybridized carbons (Fsp3) is 0.259. The van der Waals surface area contributed by atoms with Crippen LogP contribution in [-0.2, 0) is 4.74 Å². The second-order valence-corrected chi connectivity index (χ2v) is 9.21. The molecule has 9 nitrogen and oxygen atoms in total. The number of para-hydroxylation sites is 1. The number of hydrogen-bond donors (Lipinski definition) is 3. The van der Waals surface area contributed by atoms with Crippen molar-refractivity contribution >= 4 is 40.9 Å². The molecule has 3 aromatic rings. The molecule has 4 N–H and O–H groups in total. The molecule has 0 atom stereocenters. The molecule has 0 saturated heterocycles. The molecule has 0 spiro atoms. The molecule has 0 saturated carbocycles. The van der Waals surface area contributed by atoms with Crippen LogP contribution in [0.1, 0.15) is 54.8 Å². The van der Waals surface area contributed by atoms with E-state index in [-0.39, 0.29) is 29.7 Å². The normalized spacial score (nSPS) is 10.9. The summed E-state index contributed by atoms with van der Waals surface area (Å²) in [5, 5.41) is 5.72. The van der Waals surface area contributed by atoms with Gasteiger partial charge in [-0.2, -0.15) is 0 Å². The Morgan fingerprint density at radius 3 is 2.32 bits per heavy atom. The number of aromatic nitrogens is 1. The minimum atomic E-state index is -0.919. The Balaban J connectivity index is 1.96. The highest BCUT2D eigenvalue weighted by Gasteiger charge is 2.28. The Morgan fingerprint density at radius 1 is 1.03 bits per heavy atom. The molecule has 10 heteroatoms. The summed E-state index contributed by atoms with van der Waals surface area (Å²) in [5.74, 6) is -2.57. The standard InChI is InChI=1S/C27H30FN5O4/c1-5-14-33(26(36)37-27(2,3)4)24-21(28)16-20(22(29)34)23(32-24)30-19-13-9-10-17(15-19)25(35)31-18-11-7-6-8-12-18/h6-13,15-16H,5,14H2,1-4H3,(H2,29,34)(H,30,32)(H,31,35). The number of nitrogens with one attached hydrogen (secondary N) is 2. The second-order valence-electron chi connectivity index (χ2n) is 9.21. The van der Waals surface area contributed by atoms with Crippen LogP contribution in [0.25, 0.3) is 0 Å². The largest absolute Gasteiger partial charge is 0.443 e. The molecule has 2 aromatic carbocycles. The molecule has 1 aromatic heterocycles. The summed E-state index contributed by atoms with van der Waals surface area (Å²) in [6.07, 6.45) is -0.280. The van der Waals surface area contributed by atoms with E-state index in [4.69, 9.17) is 10.5 Å². The molecule has 3 amide bonds.